The van der Waals surface area contributed by atoms with Crippen molar-refractivity contribution in [2.24, 2.45) is 0 Å². The van der Waals surface area contributed by atoms with Crippen LogP contribution in [-0.2, 0) is 19.1 Å². The zero-order chi connectivity index (χ0) is 16.5. The number of aryl methyl sites for hydroxylation is 1. The summed E-state index contributed by atoms with van der Waals surface area (Å²) >= 11 is 0. The van der Waals surface area contributed by atoms with Gasteiger partial charge in [0.25, 0.3) is 0 Å². The number of carbonyl (C=O) groups is 2. The van der Waals surface area contributed by atoms with Gasteiger partial charge in [-0.05, 0) is 44.9 Å². The predicted octanol–water partition coefficient (Wildman–Crippen LogP) is 2.63. The number of nitrogens with zero attached hydrogens (tertiary/aromatic N) is 1. The number of rotatable bonds is 8. The molecule has 0 aliphatic rings. The van der Waals surface area contributed by atoms with Crippen molar-refractivity contribution >= 4 is 17.6 Å². The third-order valence-electron chi connectivity index (χ3n) is 3.43. The van der Waals surface area contributed by atoms with Crippen molar-refractivity contribution in [2.75, 3.05) is 31.2 Å². The minimum absolute atomic E-state index is 0.123. The fourth-order valence-electron chi connectivity index (χ4n) is 2.18. The molecule has 0 saturated carbocycles. The van der Waals surface area contributed by atoms with Gasteiger partial charge < -0.3 is 14.4 Å². The van der Waals surface area contributed by atoms with Gasteiger partial charge in [0, 0.05) is 12.2 Å². The number of anilines is 1. The van der Waals surface area contributed by atoms with Crippen molar-refractivity contribution in [3.8, 4) is 0 Å². The van der Waals surface area contributed by atoms with Crippen LogP contribution in [0, 0.1) is 13.8 Å². The summed E-state index contributed by atoms with van der Waals surface area (Å²) in [4.78, 5) is 25.3. The lowest BCUT2D eigenvalue weighted by Crippen LogP contribution is -2.33. The van der Waals surface area contributed by atoms with Crippen molar-refractivity contribution in [3.05, 3.63) is 29.3 Å². The van der Waals surface area contributed by atoms with Crippen molar-refractivity contribution in [2.45, 2.75) is 34.1 Å². The zero-order valence-electron chi connectivity index (χ0n) is 13.8. The Morgan fingerprint density at radius 1 is 1.05 bits per heavy atom. The summed E-state index contributed by atoms with van der Waals surface area (Å²) in [6.45, 7) is 8.83. The summed E-state index contributed by atoms with van der Waals surface area (Å²) in [7, 11) is 0. The Kier molecular flexibility index (Phi) is 7.43. The average molecular weight is 307 g/mol. The van der Waals surface area contributed by atoms with Crippen LogP contribution in [-0.4, -0.2) is 38.2 Å². The van der Waals surface area contributed by atoms with Crippen molar-refractivity contribution in [1.82, 2.24) is 0 Å². The highest BCUT2D eigenvalue weighted by atomic mass is 16.5. The molecule has 0 aliphatic carbocycles. The van der Waals surface area contributed by atoms with Crippen LogP contribution in [0.15, 0.2) is 18.2 Å². The highest BCUT2D eigenvalue weighted by molar-refractivity contribution is 5.77. The molecular formula is C17H25NO4. The minimum Gasteiger partial charge on any atom is -0.466 e. The Morgan fingerprint density at radius 3 is 2.32 bits per heavy atom. The van der Waals surface area contributed by atoms with E-state index in [1.54, 1.807) is 13.8 Å². The van der Waals surface area contributed by atoms with Crippen LogP contribution < -0.4 is 4.90 Å². The van der Waals surface area contributed by atoms with Gasteiger partial charge in [-0.1, -0.05) is 12.1 Å². The molecule has 0 aliphatic heterocycles. The fourth-order valence-corrected chi connectivity index (χ4v) is 2.18. The third-order valence-corrected chi connectivity index (χ3v) is 3.43. The van der Waals surface area contributed by atoms with E-state index in [0.717, 1.165) is 16.8 Å². The first-order valence-corrected chi connectivity index (χ1v) is 7.62. The maximum Gasteiger partial charge on any atom is 0.325 e. The molecular weight excluding hydrogens is 282 g/mol. The van der Waals surface area contributed by atoms with Crippen molar-refractivity contribution in [1.29, 1.82) is 0 Å². The van der Waals surface area contributed by atoms with Crippen LogP contribution in [0.25, 0.3) is 0 Å². The molecule has 1 aromatic carbocycles. The van der Waals surface area contributed by atoms with Gasteiger partial charge in [-0.15, -0.1) is 0 Å². The SMILES string of the molecule is CCOC(=O)CCN(CC(=O)OCC)c1cccc(C)c1C. The van der Waals surface area contributed by atoms with Crippen molar-refractivity contribution < 1.29 is 19.1 Å². The van der Waals surface area contributed by atoms with Gasteiger partial charge in [0.15, 0.2) is 0 Å². The maximum absolute atomic E-state index is 11.8. The van der Waals surface area contributed by atoms with E-state index >= 15 is 0 Å². The molecule has 0 amide bonds. The quantitative estimate of drug-likeness (QED) is 0.691. The fraction of sp³-hybridized carbons (Fsp3) is 0.529. The molecule has 122 valence electrons. The van der Waals surface area contributed by atoms with E-state index < -0.39 is 0 Å². The van der Waals surface area contributed by atoms with E-state index in [0.29, 0.717) is 19.8 Å². The van der Waals surface area contributed by atoms with E-state index in [1.807, 2.05) is 36.9 Å². The van der Waals surface area contributed by atoms with E-state index in [2.05, 4.69) is 0 Å². The molecule has 0 atom stereocenters. The second-order valence-electron chi connectivity index (χ2n) is 5.00. The lowest BCUT2D eigenvalue weighted by Gasteiger charge is -2.26. The summed E-state index contributed by atoms with van der Waals surface area (Å²) in [5, 5.41) is 0. The number of carbonyl (C=O) groups excluding carboxylic acids is 2. The molecule has 0 aromatic heterocycles. The van der Waals surface area contributed by atoms with Gasteiger partial charge in [-0.3, -0.25) is 9.59 Å². The van der Waals surface area contributed by atoms with Crippen LogP contribution in [0.5, 0.6) is 0 Å². The van der Waals surface area contributed by atoms with Gasteiger partial charge in [0.1, 0.15) is 6.54 Å². The Bertz CT molecular complexity index is 513. The van der Waals surface area contributed by atoms with Crippen LogP contribution >= 0.6 is 0 Å². The second-order valence-corrected chi connectivity index (χ2v) is 5.00. The number of ether oxygens (including phenoxy) is 2. The van der Waals surface area contributed by atoms with Gasteiger partial charge in [0.05, 0.1) is 19.6 Å². The average Bonchev–Trinajstić information content (AvgIpc) is 2.47. The van der Waals surface area contributed by atoms with Gasteiger partial charge in [0.2, 0.25) is 0 Å². The molecule has 5 heteroatoms. The van der Waals surface area contributed by atoms with Gasteiger partial charge in [-0.25, -0.2) is 0 Å². The Labute approximate surface area is 132 Å². The summed E-state index contributed by atoms with van der Waals surface area (Å²) in [6.07, 6.45) is 0.237. The summed E-state index contributed by atoms with van der Waals surface area (Å²) in [5.74, 6) is -0.561. The first-order valence-electron chi connectivity index (χ1n) is 7.62. The molecule has 0 fully saturated rings. The largest absolute Gasteiger partial charge is 0.466 e. The van der Waals surface area contributed by atoms with E-state index in [4.69, 9.17) is 9.47 Å². The standard InChI is InChI=1S/C17H25NO4/c1-5-21-16(19)10-11-18(12-17(20)22-6-2)15-9-7-8-13(3)14(15)4/h7-9H,5-6,10-12H2,1-4H3. The van der Waals surface area contributed by atoms with Gasteiger partial charge in [-0.2, -0.15) is 0 Å². The molecule has 0 N–H and O–H groups in total. The molecule has 0 unspecified atom stereocenters. The first-order chi connectivity index (χ1) is 10.5. The topological polar surface area (TPSA) is 55.8 Å². The lowest BCUT2D eigenvalue weighted by atomic mass is 10.1. The monoisotopic (exact) mass is 307 g/mol. The smallest absolute Gasteiger partial charge is 0.325 e. The summed E-state index contributed by atoms with van der Waals surface area (Å²) < 4.78 is 9.97. The maximum atomic E-state index is 11.8. The summed E-state index contributed by atoms with van der Waals surface area (Å²) in [5.41, 5.74) is 3.18. The molecule has 0 bridgehead atoms. The number of hydrogen-bond donors (Lipinski definition) is 0. The van der Waals surface area contributed by atoms with Crippen LogP contribution in [0.3, 0.4) is 0 Å². The Balaban J connectivity index is 2.88. The second kappa shape index (κ2) is 9.07. The molecule has 1 rings (SSSR count). The molecule has 1 aromatic rings. The van der Waals surface area contributed by atoms with E-state index in [-0.39, 0.29) is 24.9 Å². The molecule has 5 nitrogen and oxygen atoms in total. The highest BCUT2D eigenvalue weighted by Gasteiger charge is 2.16. The minimum atomic E-state index is -0.299. The van der Waals surface area contributed by atoms with E-state index in [1.165, 1.54) is 0 Å². The Hall–Kier alpha value is -2.04. The normalized spacial score (nSPS) is 10.2. The predicted molar refractivity (Wildman–Crippen MR) is 86.0 cm³/mol. The number of hydrogen-bond acceptors (Lipinski definition) is 5. The number of esters is 2. The number of benzene rings is 1. The van der Waals surface area contributed by atoms with Crippen LogP contribution in [0.2, 0.25) is 0 Å². The molecule has 0 spiro atoms. The van der Waals surface area contributed by atoms with E-state index in [9.17, 15) is 9.59 Å². The third kappa shape index (κ3) is 5.39. The first kappa shape index (κ1) is 18.0. The molecule has 22 heavy (non-hydrogen) atoms. The summed E-state index contributed by atoms with van der Waals surface area (Å²) in [6, 6.07) is 5.92. The van der Waals surface area contributed by atoms with Crippen LogP contribution in [0.1, 0.15) is 31.4 Å². The molecule has 0 heterocycles. The van der Waals surface area contributed by atoms with Crippen LogP contribution in [0.4, 0.5) is 5.69 Å². The molecule has 0 saturated heterocycles. The van der Waals surface area contributed by atoms with Gasteiger partial charge >= 0.3 is 11.9 Å². The highest BCUT2D eigenvalue weighted by Crippen LogP contribution is 2.23. The Morgan fingerprint density at radius 2 is 1.68 bits per heavy atom. The zero-order valence-corrected chi connectivity index (χ0v) is 13.8. The van der Waals surface area contributed by atoms with Crippen molar-refractivity contribution in [3.63, 3.8) is 0 Å². The molecule has 0 radical (unpaired) electrons. The lowest BCUT2D eigenvalue weighted by molar-refractivity contribution is -0.144.